The Hall–Kier alpha value is -1.75. The summed E-state index contributed by atoms with van der Waals surface area (Å²) >= 11 is 0. The smallest absolute Gasteiger partial charge is 0.193 e. The lowest BCUT2D eigenvalue weighted by molar-refractivity contribution is 0.0530. The second kappa shape index (κ2) is 8.51. The average molecular weight is 374 g/mol. The third-order valence-corrected chi connectivity index (χ3v) is 6.00. The lowest BCUT2D eigenvalue weighted by Gasteiger charge is -2.37. The molecule has 2 fully saturated rings. The van der Waals surface area contributed by atoms with Gasteiger partial charge in [-0.2, -0.15) is 0 Å². The van der Waals surface area contributed by atoms with Crippen molar-refractivity contribution in [2.45, 2.75) is 45.4 Å². The molecule has 0 radical (unpaired) electrons. The first-order valence-electron chi connectivity index (χ1n) is 10.2. The number of likely N-dealkylation sites (tertiary alicyclic amines) is 1. The van der Waals surface area contributed by atoms with Crippen LogP contribution in [0.4, 0.5) is 0 Å². The molecule has 27 heavy (non-hydrogen) atoms. The molecule has 1 aromatic carbocycles. The van der Waals surface area contributed by atoms with Crippen molar-refractivity contribution in [3.8, 4) is 5.75 Å². The van der Waals surface area contributed by atoms with Gasteiger partial charge in [0.05, 0.1) is 13.7 Å². The second-order valence-electron chi connectivity index (χ2n) is 8.63. The molecule has 0 spiro atoms. The monoisotopic (exact) mass is 373 g/mol. The van der Waals surface area contributed by atoms with Crippen LogP contribution >= 0.6 is 0 Å². The highest BCUT2D eigenvalue weighted by atomic mass is 16.5. The first kappa shape index (κ1) is 20.0. The molecular formula is C22H35N3O2. The number of guanidine groups is 1. The van der Waals surface area contributed by atoms with Crippen LogP contribution in [0, 0.1) is 5.41 Å². The minimum Gasteiger partial charge on any atom is -0.497 e. The van der Waals surface area contributed by atoms with Crippen molar-refractivity contribution in [3.63, 3.8) is 0 Å². The molecule has 0 unspecified atom stereocenters. The first-order chi connectivity index (χ1) is 13.0. The van der Waals surface area contributed by atoms with Crippen molar-refractivity contribution < 1.29 is 9.47 Å². The molecule has 2 heterocycles. The van der Waals surface area contributed by atoms with Crippen molar-refractivity contribution in [1.82, 2.24) is 10.2 Å². The number of benzene rings is 1. The van der Waals surface area contributed by atoms with Crippen LogP contribution in [0.5, 0.6) is 5.75 Å². The maximum Gasteiger partial charge on any atom is 0.193 e. The molecule has 3 rings (SSSR count). The normalized spacial score (nSPS) is 21.9. The number of nitrogens with one attached hydrogen (secondary N) is 1. The highest BCUT2D eigenvalue weighted by Crippen LogP contribution is 2.36. The van der Waals surface area contributed by atoms with E-state index in [-0.39, 0.29) is 5.41 Å². The molecule has 5 heteroatoms. The largest absolute Gasteiger partial charge is 0.497 e. The zero-order valence-electron chi connectivity index (χ0n) is 17.4. The Morgan fingerprint density at radius 2 is 1.89 bits per heavy atom. The predicted octanol–water partition coefficient (Wildman–Crippen LogP) is 3.44. The molecule has 0 saturated carbocycles. The van der Waals surface area contributed by atoms with Crippen LogP contribution in [0.2, 0.25) is 0 Å². The Kier molecular flexibility index (Phi) is 6.30. The van der Waals surface area contributed by atoms with Gasteiger partial charge in [0.1, 0.15) is 5.75 Å². The summed E-state index contributed by atoms with van der Waals surface area (Å²) in [5.41, 5.74) is 1.75. The van der Waals surface area contributed by atoms with E-state index in [0.717, 1.165) is 63.9 Å². The Bertz CT molecular complexity index is 633. The quantitative estimate of drug-likeness (QED) is 0.634. The van der Waals surface area contributed by atoms with E-state index in [1.54, 1.807) is 7.11 Å². The summed E-state index contributed by atoms with van der Waals surface area (Å²) in [6.07, 6.45) is 3.23. The number of methoxy groups -OCH3 is 1. The minimum atomic E-state index is 0.0421. The molecule has 1 aromatic rings. The molecule has 0 bridgehead atoms. The van der Waals surface area contributed by atoms with E-state index in [9.17, 15) is 0 Å². The van der Waals surface area contributed by atoms with Gasteiger partial charge in [-0.25, -0.2) is 0 Å². The molecule has 1 N–H and O–H groups in total. The fraction of sp³-hybridized carbons (Fsp3) is 0.682. The van der Waals surface area contributed by atoms with Crippen molar-refractivity contribution in [2.24, 2.45) is 10.4 Å². The van der Waals surface area contributed by atoms with Gasteiger partial charge in [-0.1, -0.05) is 26.0 Å². The van der Waals surface area contributed by atoms with Crippen molar-refractivity contribution in [1.29, 1.82) is 0 Å². The lowest BCUT2D eigenvalue weighted by atomic mass is 9.74. The number of nitrogens with zero attached hydrogens (tertiary/aromatic N) is 2. The Morgan fingerprint density at radius 1 is 1.19 bits per heavy atom. The summed E-state index contributed by atoms with van der Waals surface area (Å²) < 4.78 is 11.0. The summed E-state index contributed by atoms with van der Waals surface area (Å²) in [4.78, 5) is 7.54. The number of rotatable bonds is 5. The minimum absolute atomic E-state index is 0.0421. The fourth-order valence-electron chi connectivity index (χ4n) is 4.19. The van der Waals surface area contributed by atoms with Crippen LogP contribution in [0.15, 0.2) is 29.3 Å². The zero-order valence-corrected chi connectivity index (χ0v) is 17.4. The van der Waals surface area contributed by atoms with Gasteiger partial charge in [0.2, 0.25) is 0 Å². The van der Waals surface area contributed by atoms with E-state index >= 15 is 0 Å². The standard InChI is InChI=1S/C22H35N3O2/c1-5-23-20(25-13-10-21(2,3)17-25)24-16-22(11-14-27-15-12-22)18-6-8-19(26-4)9-7-18/h6-9H,5,10-17H2,1-4H3,(H,23,24). The van der Waals surface area contributed by atoms with Gasteiger partial charge < -0.3 is 19.7 Å². The number of ether oxygens (including phenoxy) is 2. The van der Waals surface area contributed by atoms with Gasteiger partial charge >= 0.3 is 0 Å². The molecule has 2 aliphatic heterocycles. The maximum absolute atomic E-state index is 5.67. The van der Waals surface area contributed by atoms with Crippen LogP contribution in [-0.4, -0.2) is 57.4 Å². The van der Waals surface area contributed by atoms with Crippen LogP contribution in [0.1, 0.15) is 45.6 Å². The zero-order chi connectivity index (χ0) is 19.3. The van der Waals surface area contributed by atoms with Crippen LogP contribution < -0.4 is 10.1 Å². The summed E-state index contributed by atoms with van der Waals surface area (Å²) in [6.45, 7) is 12.3. The molecule has 0 atom stereocenters. The summed E-state index contributed by atoms with van der Waals surface area (Å²) in [6, 6.07) is 8.52. The van der Waals surface area contributed by atoms with E-state index in [0.29, 0.717) is 5.41 Å². The Labute approximate surface area is 164 Å². The van der Waals surface area contributed by atoms with Crippen LogP contribution in [-0.2, 0) is 10.2 Å². The number of hydrogen-bond donors (Lipinski definition) is 1. The van der Waals surface area contributed by atoms with E-state index in [4.69, 9.17) is 14.5 Å². The Balaban J connectivity index is 1.82. The SMILES string of the molecule is CCNC(=NCC1(c2ccc(OC)cc2)CCOCC1)N1CCC(C)(C)C1. The van der Waals surface area contributed by atoms with Gasteiger partial charge in [0.15, 0.2) is 5.96 Å². The number of aliphatic imine (C=N–C) groups is 1. The van der Waals surface area contributed by atoms with E-state index in [2.05, 4.69) is 55.3 Å². The molecule has 2 saturated heterocycles. The summed E-state index contributed by atoms with van der Waals surface area (Å²) in [5.74, 6) is 1.96. The molecule has 5 nitrogen and oxygen atoms in total. The van der Waals surface area contributed by atoms with E-state index < -0.39 is 0 Å². The predicted molar refractivity (Wildman–Crippen MR) is 111 cm³/mol. The van der Waals surface area contributed by atoms with Crippen molar-refractivity contribution in [3.05, 3.63) is 29.8 Å². The molecule has 2 aliphatic rings. The maximum atomic E-state index is 5.67. The van der Waals surface area contributed by atoms with Gasteiger partial charge in [-0.05, 0) is 49.3 Å². The third kappa shape index (κ3) is 4.75. The van der Waals surface area contributed by atoms with Crippen molar-refractivity contribution >= 4 is 5.96 Å². The third-order valence-electron chi connectivity index (χ3n) is 6.00. The molecular weight excluding hydrogens is 338 g/mol. The highest BCUT2D eigenvalue weighted by Gasteiger charge is 2.36. The van der Waals surface area contributed by atoms with E-state index in [1.807, 2.05) is 0 Å². The summed E-state index contributed by atoms with van der Waals surface area (Å²) in [5, 5.41) is 3.51. The molecule has 150 valence electrons. The molecule has 0 aromatic heterocycles. The van der Waals surface area contributed by atoms with Gasteiger partial charge in [-0.15, -0.1) is 0 Å². The van der Waals surface area contributed by atoms with Gasteiger partial charge in [0.25, 0.3) is 0 Å². The van der Waals surface area contributed by atoms with Crippen molar-refractivity contribution in [2.75, 3.05) is 46.5 Å². The van der Waals surface area contributed by atoms with Gasteiger partial charge in [0, 0.05) is 38.3 Å². The number of hydrogen-bond acceptors (Lipinski definition) is 3. The fourth-order valence-corrected chi connectivity index (χ4v) is 4.19. The average Bonchev–Trinajstić information content (AvgIpc) is 3.05. The highest BCUT2D eigenvalue weighted by molar-refractivity contribution is 5.80. The lowest BCUT2D eigenvalue weighted by Crippen LogP contribution is -2.43. The first-order valence-corrected chi connectivity index (χ1v) is 10.2. The van der Waals surface area contributed by atoms with Crippen LogP contribution in [0.25, 0.3) is 0 Å². The van der Waals surface area contributed by atoms with Gasteiger partial charge in [-0.3, -0.25) is 4.99 Å². The molecule has 0 aliphatic carbocycles. The van der Waals surface area contributed by atoms with E-state index in [1.165, 1.54) is 12.0 Å². The Morgan fingerprint density at radius 3 is 2.44 bits per heavy atom. The topological polar surface area (TPSA) is 46.1 Å². The molecule has 0 amide bonds. The van der Waals surface area contributed by atoms with Crippen LogP contribution in [0.3, 0.4) is 0 Å². The summed E-state index contributed by atoms with van der Waals surface area (Å²) in [7, 11) is 1.71. The second-order valence-corrected chi connectivity index (χ2v) is 8.63.